The Bertz CT molecular complexity index is 150. The van der Waals surface area contributed by atoms with Crippen molar-refractivity contribution < 1.29 is 21.8 Å². The van der Waals surface area contributed by atoms with Crippen LogP contribution in [0.2, 0.25) is 0 Å². The Hall–Kier alpha value is -0.461. The maximum Gasteiger partial charge on any atom is 1.00 e. The smallest absolute Gasteiger partial charge is 0.522 e. The van der Waals surface area contributed by atoms with Crippen molar-refractivity contribution in [2.24, 2.45) is 0 Å². The standard InChI is InChI=1S/C7H7O.Cu/c1-8-7-5-3-2-4-6-7;/h3-6H,1H3;/q-1;+1. The molecule has 0 aromatic heterocycles. The zero-order valence-corrected chi connectivity index (χ0v) is 5.96. The van der Waals surface area contributed by atoms with Crippen LogP contribution in [-0.4, -0.2) is 7.11 Å². The molecule has 9 heavy (non-hydrogen) atoms. The molecule has 0 bridgehead atoms. The molecule has 0 aliphatic heterocycles. The van der Waals surface area contributed by atoms with Gasteiger partial charge in [0.2, 0.25) is 0 Å². The van der Waals surface area contributed by atoms with Crippen LogP contribution in [0, 0.1) is 6.07 Å². The Labute approximate surface area is 65.5 Å². The maximum atomic E-state index is 4.89. The van der Waals surface area contributed by atoms with E-state index < -0.39 is 0 Å². The second kappa shape index (κ2) is 4.42. The minimum Gasteiger partial charge on any atom is -0.522 e. The summed E-state index contributed by atoms with van der Waals surface area (Å²) >= 11 is 0. The van der Waals surface area contributed by atoms with Gasteiger partial charge in [-0.2, -0.15) is 18.2 Å². The molecular weight excluding hydrogens is 164 g/mol. The molecule has 1 aromatic rings. The summed E-state index contributed by atoms with van der Waals surface area (Å²) in [7, 11) is 1.65. The number of methoxy groups -OCH3 is 1. The fourth-order valence-electron chi connectivity index (χ4n) is 0.508. The van der Waals surface area contributed by atoms with Crippen LogP contribution < -0.4 is 4.74 Å². The number of ether oxygens (including phenoxy) is 1. The SMILES string of the molecule is COc1cc[c-]cc1.[Cu+]. The number of rotatable bonds is 1. The molecule has 0 unspecified atom stereocenters. The summed E-state index contributed by atoms with van der Waals surface area (Å²) in [4.78, 5) is 0. The fraction of sp³-hybridized carbons (Fsp3) is 0.143. The molecule has 0 heterocycles. The average molecular weight is 171 g/mol. The molecule has 1 rings (SSSR count). The van der Waals surface area contributed by atoms with Gasteiger partial charge in [-0.1, -0.05) is 0 Å². The van der Waals surface area contributed by atoms with E-state index in [2.05, 4.69) is 6.07 Å². The summed E-state index contributed by atoms with van der Waals surface area (Å²) in [5.74, 6) is 0.878. The quantitative estimate of drug-likeness (QED) is 0.459. The third-order valence-electron chi connectivity index (χ3n) is 0.923. The van der Waals surface area contributed by atoms with E-state index in [9.17, 15) is 0 Å². The third kappa shape index (κ3) is 2.54. The molecule has 2 heteroatoms. The molecule has 0 fully saturated rings. The third-order valence-corrected chi connectivity index (χ3v) is 0.923. The Morgan fingerprint density at radius 2 is 1.89 bits per heavy atom. The zero-order chi connectivity index (χ0) is 5.82. The van der Waals surface area contributed by atoms with E-state index in [1.165, 1.54) is 0 Å². The summed E-state index contributed by atoms with van der Waals surface area (Å²) in [5.41, 5.74) is 0. The first kappa shape index (κ1) is 8.54. The number of benzene rings is 1. The topological polar surface area (TPSA) is 9.23 Å². The van der Waals surface area contributed by atoms with Gasteiger partial charge in [0.15, 0.2) is 0 Å². The minimum absolute atomic E-state index is 0. The van der Waals surface area contributed by atoms with Crippen molar-refractivity contribution in [1.82, 2.24) is 0 Å². The summed E-state index contributed by atoms with van der Waals surface area (Å²) < 4.78 is 4.89. The van der Waals surface area contributed by atoms with Gasteiger partial charge >= 0.3 is 17.1 Å². The van der Waals surface area contributed by atoms with Crippen molar-refractivity contribution in [3.8, 4) is 5.75 Å². The molecule has 0 N–H and O–H groups in total. The van der Waals surface area contributed by atoms with Crippen LogP contribution in [0.1, 0.15) is 0 Å². The Balaban J connectivity index is 0.000000640. The summed E-state index contributed by atoms with van der Waals surface area (Å²) in [6.07, 6.45) is 0. The van der Waals surface area contributed by atoms with Gasteiger partial charge in [0.05, 0.1) is 7.11 Å². The van der Waals surface area contributed by atoms with Gasteiger partial charge < -0.3 is 4.74 Å². The molecular formula is C7H7CuO. The van der Waals surface area contributed by atoms with E-state index in [1.54, 1.807) is 7.11 Å². The van der Waals surface area contributed by atoms with Gasteiger partial charge in [-0.15, -0.1) is 12.1 Å². The van der Waals surface area contributed by atoms with Crippen LogP contribution in [-0.2, 0) is 17.1 Å². The van der Waals surface area contributed by atoms with Crippen molar-refractivity contribution in [3.05, 3.63) is 30.3 Å². The van der Waals surface area contributed by atoms with Gasteiger partial charge in [0.1, 0.15) is 0 Å². The first-order valence-electron chi connectivity index (χ1n) is 2.43. The van der Waals surface area contributed by atoms with Crippen LogP contribution in [0.3, 0.4) is 0 Å². The van der Waals surface area contributed by atoms with E-state index in [1.807, 2.05) is 24.3 Å². The van der Waals surface area contributed by atoms with E-state index in [-0.39, 0.29) is 17.1 Å². The predicted octanol–water partition coefficient (Wildman–Crippen LogP) is 1.49. The minimum atomic E-state index is 0. The predicted molar refractivity (Wildman–Crippen MR) is 31.8 cm³/mol. The zero-order valence-electron chi connectivity index (χ0n) is 5.02. The Morgan fingerprint density at radius 3 is 2.22 bits per heavy atom. The second-order valence-electron chi connectivity index (χ2n) is 1.44. The summed E-state index contributed by atoms with van der Waals surface area (Å²) in [5, 5.41) is 0. The number of hydrogen-bond donors (Lipinski definition) is 0. The largest absolute Gasteiger partial charge is 1.00 e. The van der Waals surface area contributed by atoms with Crippen LogP contribution in [0.4, 0.5) is 0 Å². The van der Waals surface area contributed by atoms with E-state index in [0.29, 0.717) is 0 Å². The van der Waals surface area contributed by atoms with Crippen LogP contribution in [0.25, 0.3) is 0 Å². The van der Waals surface area contributed by atoms with Crippen molar-refractivity contribution in [2.45, 2.75) is 0 Å². The summed E-state index contributed by atoms with van der Waals surface area (Å²) in [6, 6.07) is 10.2. The van der Waals surface area contributed by atoms with Gasteiger partial charge in [0.25, 0.3) is 0 Å². The van der Waals surface area contributed by atoms with Crippen molar-refractivity contribution >= 4 is 0 Å². The summed E-state index contributed by atoms with van der Waals surface area (Å²) in [6.45, 7) is 0. The molecule has 0 saturated heterocycles. The van der Waals surface area contributed by atoms with Gasteiger partial charge in [-0.3, -0.25) is 0 Å². The molecule has 0 amide bonds. The molecule has 1 nitrogen and oxygen atoms in total. The van der Waals surface area contributed by atoms with Crippen LogP contribution in [0.15, 0.2) is 24.3 Å². The molecule has 1 aromatic carbocycles. The first-order valence-corrected chi connectivity index (χ1v) is 2.43. The van der Waals surface area contributed by atoms with Crippen LogP contribution >= 0.6 is 0 Å². The Kier molecular flexibility index (Phi) is 4.20. The monoisotopic (exact) mass is 170 g/mol. The Morgan fingerprint density at radius 1 is 1.33 bits per heavy atom. The molecule has 0 saturated carbocycles. The molecule has 0 spiro atoms. The molecule has 0 aliphatic carbocycles. The van der Waals surface area contributed by atoms with E-state index >= 15 is 0 Å². The van der Waals surface area contributed by atoms with Crippen molar-refractivity contribution in [1.29, 1.82) is 0 Å². The molecule has 0 atom stereocenters. The fourth-order valence-corrected chi connectivity index (χ4v) is 0.508. The second-order valence-corrected chi connectivity index (χ2v) is 1.44. The van der Waals surface area contributed by atoms with Crippen molar-refractivity contribution in [3.63, 3.8) is 0 Å². The van der Waals surface area contributed by atoms with Gasteiger partial charge in [-0.25, -0.2) is 0 Å². The maximum absolute atomic E-state index is 4.89. The van der Waals surface area contributed by atoms with E-state index in [0.717, 1.165) is 5.75 Å². The van der Waals surface area contributed by atoms with Gasteiger partial charge in [-0.05, 0) is 0 Å². The number of hydrogen-bond acceptors (Lipinski definition) is 1. The normalized spacial score (nSPS) is 7.67. The van der Waals surface area contributed by atoms with E-state index in [4.69, 9.17) is 4.74 Å². The molecule has 0 aliphatic rings. The van der Waals surface area contributed by atoms with Crippen molar-refractivity contribution in [2.75, 3.05) is 7.11 Å². The first-order chi connectivity index (χ1) is 3.93. The molecule has 0 radical (unpaired) electrons. The van der Waals surface area contributed by atoms with Crippen LogP contribution in [0.5, 0.6) is 5.75 Å². The van der Waals surface area contributed by atoms with Gasteiger partial charge in [0, 0.05) is 5.75 Å². The average Bonchev–Trinajstić information content (AvgIpc) is 1.90. The molecule has 52 valence electrons.